The van der Waals surface area contributed by atoms with Gasteiger partial charge in [0.25, 0.3) is 0 Å². The number of carbonyl (C=O) groups excluding carboxylic acids is 1. The molecule has 0 radical (unpaired) electrons. The molecule has 110 valence electrons. The third-order valence-corrected chi connectivity index (χ3v) is 2.99. The van der Waals surface area contributed by atoms with Gasteiger partial charge in [-0.1, -0.05) is 29.8 Å². The number of carbonyl (C=O) groups is 1. The Labute approximate surface area is 128 Å². The van der Waals surface area contributed by atoms with Crippen LogP contribution in [0.15, 0.2) is 48.5 Å². The van der Waals surface area contributed by atoms with Crippen molar-refractivity contribution >= 4 is 23.2 Å². The summed E-state index contributed by atoms with van der Waals surface area (Å²) in [5, 5.41) is 3.46. The average molecular weight is 305 g/mol. The first-order chi connectivity index (χ1) is 10.2. The van der Waals surface area contributed by atoms with Gasteiger partial charge < -0.3 is 15.8 Å². The number of halogens is 1. The molecule has 21 heavy (non-hydrogen) atoms. The molecule has 2 aromatic rings. The lowest BCUT2D eigenvalue weighted by Gasteiger charge is -2.08. The molecule has 1 amide bonds. The van der Waals surface area contributed by atoms with E-state index in [0.717, 1.165) is 5.56 Å². The van der Waals surface area contributed by atoms with Crippen molar-refractivity contribution in [3.8, 4) is 5.75 Å². The van der Waals surface area contributed by atoms with Crippen molar-refractivity contribution in [2.75, 3.05) is 18.5 Å². The highest BCUT2D eigenvalue weighted by Gasteiger charge is 2.05. The van der Waals surface area contributed by atoms with Gasteiger partial charge >= 0.3 is 0 Å². The van der Waals surface area contributed by atoms with Crippen molar-refractivity contribution in [3.05, 3.63) is 59.1 Å². The van der Waals surface area contributed by atoms with E-state index in [1.165, 1.54) is 0 Å². The second-order valence-electron chi connectivity index (χ2n) is 4.52. The second-order valence-corrected chi connectivity index (χ2v) is 4.96. The van der Waals surface area contributed by atoms with Crippen LogP contribution >= 0.6 is 11.6 Å². The molecular weight excluding hydrogens is 288 g/mol. The summed E-state index contributed by atoms with van der Waals surface area (Å²) in [4.78, 5) is 12.0. The highest BCUT2D eigenvalue weighted by atomic mass is 35.5. The molecule has 5 heteroatoms. The van der Waals surface area contributed by atoms with Crippen LogP contribution in [0.5, 0.6) is 5.75 Å². The van der Waals surface area contributed by atoms with Crippen LogP contribution in [0.25, 0.3) is 0 Å². The Bertz CT molecular complexity index is 617. The molecule has 0 unspecified atom stereocenters. The van der Waals surface area contributed by atoms with Gasteiger partial charge in [-0.3, -0.25) is 4.79 Å². The minimum Gasteiger partial charge on any atom is -0.492 e. The van der Waals surface area contributed by atoms with E-state index >= 15 is 0 Å². The van der Waals surface area contributed by atoms with Crippen molar-refractivity contribution in [3.63, 3.8) is 0 Å². The Balaban J connectivity index is 1.96. The molecule has 0 aliphatic carbocycles. The van der Waals surface area contributed by atoms with E-state index in [2.05, 4.69) is 5.32 Å². The van der Waals surface area contributed by atoms with Gasteiger partial charge in [-0.25, -0.2) is 0 Å². The predicted molar refractivity (Wildman–Crippen MR) is 84.8 cm³/mol. The summed E-state index contributed by atoms with van der Waals surface area (Å²) >= 11 is 5.90. The Morgan fingerprint density at radius 3 is 2.76 bits per heavy atom. The maximum atomic E-state index is 12.0. The lowest BCUT2D eigenvalue weighted by atomic mass is 10.1. The van der Waals surface area contributed by atoms with Gasteiger partial charge in [-0.15, -0.1) is 0 Å². The van der Waals surface area contributed by atoms with E-state index in [1.807, 2.05) is 30.3 Å². The van der Waals surface area contributed by atoms with Gasteiger partial charge in [0.1, 0.15) is 12.4 Å². The standard InChI is InChI=1S/C16H17ClN2O2/c17-13-4-1-3-12(9-13)10-16(20)19-14-5-2-6-15(11-14)21-8-7-18/h1-6,9,11H,7-8,10,18H2,(H,19,20). The molecule has 0 spiro atoms. The highest BCUT2D eigenvalue weighted by Crippen LogP contribution is 2.18. The number of amides is 1. The fourth-order valence-electron chi connectivity index (χ4n) is 1.88. The molecule has 3 N–H and O–H groups in total. The number of nitrogens with two attached hydrogens (primary N) is 1. The van der Waals surface area contributed by atoms with Crippen LogP contribution in [0.3, 0.4) is 0 Å². The van der Waals surface area contributed by atoms with E-state index in [9.17, 15) is 4.79 Å². The number of hydrogen-bond donors (Lipinski definition) is 2. The van der Waals surface area contributed by atoms with Gasteiger partial charge in [-0.2, -0.15) is 0 Å². The smallest absolute Gasteiger partial charge is 0.228 e. The molecule has 2 rings (SSSR count). The average Bonchev–Trinajstić information content (AvgIpc) is 2.45. The van der Waals surface area contributed by atoms with E-state index in [4.69, 9.17) is 22.1 Å². The quantitative estimate of drug-likeness (QED) is 0.862. The summed E-state index contributed by atoms with van der Waals surface area (Å²) in [7, 11) is 0. The van der Waals surface area contributed by atoms with Gasteiger partial charge in [0, 0.05) is 23.3 Å². The van der Waals surface area contributed by atoms with Crippen molar-refractivity contribution in [1.29, 1.82) is 0 Å². The third-order valence-electron chi connectivity index (χ3n) is 2.76. The fourth-order valence-corrected chi connectivity index (χ4v) is 2.09. The summed E-state index contributed by atoms with van der Waals surface area (Å²) in [6.07, 6.45) is 0.272. The molecule has 0 aliphatic heterocycles. The summed E-state index contributed by atoms with van der Waals surface area (Å²) in [6.45, 7) is 0.894. The van der Waals surface area contributed by atoms with Crippen molar-refractivity contribution in [2.45, 2.75) is 6.42 Å². The van der Waals surface area contributed by atoms with E-state index < -0.39 is 0 Å². The maximum absolute atomic E-state index is 12.0. The van der Waals surface area contributed by atoms with Crippen LogP contribution in [0, 0.1) is 0 Å². The SMILES string of the molecule is NCCOc1cccc(NC(=O)Cc2cccc(Cl)c2)c1. The summed E-state index contributed by atoms with van der Waals surface area (Å²) < 4.78 is 5.42. The molecule has 0 aliphatic rings. The number of benzene rings is 2. The predicted octanol–water partition coefficient (Wildman–Crippen LogP) is 2.86. The zero-order chi connectivity index (χ0) is 15.1. The Hall–Kier alpha value is -2.04. The molecule has 0 aromatic heterocycles. The molecule has 0 saturated heterocycles. The number of anilines is 1. The van der Waals surface area contributed by atoms with Gasteiger partial charge in [0.05, 0.1) is 6.42 Å². The lowest BCUT2D eigenvalue weighted by Crippen LogP contribution is -2.14. The van der Waals surface area contributed by atoms with Crippen LogP contribution in [-0.4, -0.2) is 19.1 Å². The van der Waals surface area contributed by atoms with Crippen molar-refractivity contribution in [2.24, 2.45) is 5.73 Å². The van der Waals surface area contributed by atoms with E-state index in [-0.39, 0.29) is 12.3 Å². The monoisotopic (exact) mass is 304 g/mol. The largest absolute Gasteiger partial charge is 0.492 e. The molecule has 0 saturated carbocycles. The Morgan fingerprint density at radius 2 is 2.00 bits per heavy atom. The summed E-state index contributed by atoms with van der Waals surface area (Å²) in [5.74, 6) is 0.578. The highest BCUT2D eigenvalue weighted by molar-refractivity contribution is 6.30. The summed E-state index contributed by atoms with van der Waals surface area (Å²) in [5.41, 5.74) is 6.95. The lowest BCUT2D eigenvalue weighted by molar-refractivity contribution is -0.115. The molecule has 0 fully saturated rings. The topological polar surface area (TPSA) is 64.3 Å². The number of ether oxygens (including phenoxy) is 1. The molecule has 4 nitrogen and oxygen atoms in total. The van der Waals surface area contributed by atoms with Crippen LogP contribution in [-0.2, 0) is 11.2 Å². The number of nitrogens with one attached hydrogen (secondary N) is 1. The summed E-state index contributed by atoms with van der Waals surface area (Å²) in [6, 6.07) is 14.5. The molecular formula is C16H17ClN2O2. The fraction of sp³-hybridized carbons (Fsp3) is 0.188. The van der Waals surface area contributed by atoms with Crippen molar-refractivity contribution in [1.82, 2.24) is 0 Å². The van der Waals surface area contributed by atoms with Crippen LogP contribution in [0.4, 0.5) is 5.69 Å². The van der Waals surface area contributed by atoms with Crippen molar-refractivity contribution < 1.29 is 9.53 Å². The van der Waals surface area contributed by atoms with Gasteiger partial charge in [-0.05, 0) is 29.8 Å². The third kappa shape index (κ3) is 5.10. The molecule has 0 heterocycles. The Morgan fingerprint density at radius 1 is 1.19 bits per heavy atom. The molecule has 2 aromatic carbocycles. The molecule has 0 bridgehead atoms. The van der Waals surface area contributed by atoms with E-state index in [0.29, 0.717) is 29.6 Å². The first-order valence-corrected chi connectivity index (χ1v) is 7.02. The zero-order valence-electron chi connectivity index (χ0n) is 11.5. The first-order valence-electron chi connectivity index (χ1n) is 6.64. The molecule has 0 atom stereocenters. The normalized spacial score (nSPS) is 10.2. The number of hydrogen-bond acceptors (Lipinski definition) is 3. The maximum Gasteiger partial charge on any atom is 0.228 e. The first kappa shape index (κ1) is 15.4. The minimum absolute atomic E-state index is 0.103. The van der Waals surface area contributed by atoms with Gasteiger partial charge in [0.2, 0.25) is 5.91 Å². The zero-order valence-corrected chi connectivity index (χ0v) is 12.3. The van der Waals surface area contributed by atoms with Gasteiger partial charge in [0.15, 0.2) is 0 Å². The van der Waals surface area contributed by atoms with Crippen LogP contribution in [0.1, 0.15) is 5.56 Å². The minimum atomic E-state index is -0.103. The second kappa shape index (κ2) is 7.67. The van der Waals surface area contributed by atoms with E-state index in [1.54, 1.807) is 18.2 Å². The van der Waals surface area contributed by atoms with Crippen LogP contribution in [0.2, 0.25) is 5.02 Å². The number of rotatable bonds is 6. The Kier molecular flexibility index (Phi) is 5.60. The van der Waals surface area contributed by atoms with Crippen LogP contribution < -0.4 is 15.8 Å².